The molecule has 0 aromatic rings. The second kappa shape index (κ2) is 7.41. The standard InChI is InChI=1S/C7H10O6S2/c1-2-13-7(12)15-14-4(6(10)11)3-5(8)9/h4H,2-3H2,1H3,(H,8,9)(H,10,11). The highest BCUT2D eigenvalue weighted by Gasteiger charge is 2.23. The van der Waals surface area contributed by atoms with Gasteiger partial charge in [-0.2, -0.15) is 0 Å². The zero-order valence-electron chi connectivity index (χ0n) is 7.84. The molecule has 0 bridgehead atoms. The third-order valence-corrected chi connectivity index (χ3v) is 3.47. The lowest BCUT2D eigenvalue weighted by Gasteiger charge is -2.07. The fourth-order valence-corrected chi connectivity index (χ4v) is 2.39. The Labute approximate surface area is 93.8 Å². The minimum Gasteiger partial charge on any atom is -0.481 e. The molecular weight excluding hydrogens is 244 g/mol. The van der Waals surface area contributed by atoms with Crippen molar-refractivity contribution in [2.75, 3.05) is 6.61 Å². The molecule has 0 amide bonds. The number of ether oxygens (including phenoxy) is 1. The van der Waals surface area contributed by atoms with Crippen molar-refractivity contribution in [2.45, 2.75) is 18.6 Å². The van der Waals surface area contributed by atoms with Crippen LogP contribution in [-0.4, -0.2) is 39.3 Å². The quantitative estimate of drug-likeness (QED) is 0.542. The molecule has 0 saturated heterocycles. The molecule has 15 heavy (non-hydrogen) atoms. The largest absolute Gasteiger partial charge is 0.481 e. The van der Waals surface area contributed by atoms with Gasteiger partial charge in [0.1, 0.15) is 5.25 Å². The second-order valence-corrected chi connectivity index (χ2v) is 4.63. The van der Waals surface area contributed by atoms with Crippen LogP contribution in [0, 0.1) is 0 Å². The van der Waals surface area contributed by atoms with Crippen LogP contribution in [0.2, 0.25) is 0 Å². The third kappa shape index (κ3) is 7.09. The second-order valence-electron chi connectivity index (χ2n) is 2.29. The van der Waals surface area contributed by atoms with Crippen molar-refractivity contribution in [2.24, 2.45) is 0 Å². The van der Waals surface area contributed by atoms with E-state index in [4.69, 9.17) is 10.2 Å². The predicted octanol–water partition coefficient (Wildman–Crippen LogP) is 1.45. The number of carboxylic acids is 2. The Balaban J connectivity index is 4.01. The van der Waals surface area contributed by atoms with Gasteiger partial charge in [0.25, 0.3) is 0 Å². The first kappa shape index (κ1) is 14.1. The van der Waals surface area contributed by atoms with Crippen LogP contribution in [0.15, 0.2) is 0 Å². The Kier molecular flexibility index (Phi) is 6.97. The lowest BCUT2D eigenvalue weighted by atomic mass is 10.3. The average Bonchev–Trinajstić information content (AvgIpc) is 2.11. The molecular formula is C7H10O6S2. The maximum absolute atomic E-state index is 10.8. The summed E-state index contributed by atoms with van der Waals surface area (Å²) in [5, 5.41) is 15.2. The highest BCUT2D eigenvalue weighted by molar-refractivity contribution is 8.82. The highest BCUT2D eigenvalue weighted by Crippen LogP contribution is 2.30. The maximum atomic E-state index is 10.8. The fraction of sp³-hybridized carbons (Fsp3) is 0.571. The van der Waals surface area contributed by atoms with Crippen molar-refractivity contribution >= 4 is 38.8 Å². The molecule has 6 nitrogen and oxygen atoms in total. The van der Waals surface area contributed by atoms with Crippen molar-refractivity contribution < 1.29 is 29.3 Å². The van der Waals surface area contributed by atoms with Crippen LogP contribution in [0.3, 0.4) is 0 Å². The molecule has 1 atom stereocenters. The van der Waals surface area contributed by atoms with E-state index in [0.717, 1.165) is 0 Å². The van der Waals surface area contributed by atoms with Crippen LogP contribution in [-0.2, 0) is 14.3 Å². The summed E-state index contributed by atoms with van der Waals surface area (Å²) in [5.74, 6) is -2.49. The van der Waals surface area contributed by atoms with Crippen LogP contribution in [0.5, 0.6) is 0 Å². The summed E-state index contributed by atoms with van der Waals surface area (Å²) in [6.07, 6.45) is -0.535. The van der Waals surface area contributed by atoms with Gasteiger partial charge in [0.05, 0.1) is 13.0 Å². The van der Waals surface area contributed by atoms with Crippen LogP contribution in [0.4, 0.5) is 4.79 Å². The zero-order valence-corrected chi connectivity index (χ0v) is 9.47. The molecule has 0 rings (SSSR count). The van der Waals surface area contributed by atoms with Crippen molar-refractivity contribution in [3.8, 4) is 0 Å². The molecule has 0 aromatic heterocycles. The van der Waals surface area contributed by atoms with Crippen LogP contribution in [0.1, 0.15) is 13.3 Å². The van der Waals surface area contributed by atoms with Crippen molar-refractivity contribution in [3.05, 3.63) is 0 Å². The molecule has 0 saturated carbocycles. The lowest BCUT2D eigenvalue weighted by molar-refractivity contribution is -0.142. The number of aliphatic carboxylic acids is 2. The SMILES string of the molecule is CCOC(=O)SSC(CC(=O)O)C(=O)O. The molecule has 0 aromatic carbocycles. The van der Waals surface area contributed by atoms with Gasteiger partial charge in [-0.1, -0.05) is 10.8 Å². The van der Waals surface area contributed by atoms with E-state index in [1.807, 2.05) is 0 Å². The summed E-state index contributed by atoms with van der Waals surface area (Å²) < 4.78 is 4.54. The number of rotatable bonds is 6. The molecule has 2 N–H and O–H groups in total. The Bertz CT molecular complexity index is 254. The van der Waals surface area contributed by atoms with E-state index in [1.165, 1.54) is 0 Å². The number of carbonyl (C=O) groups excluding carboxylic acids is 1. The molecule has 0 aliphatic rings. The minimum atomic E-state index is -1.26. The molecule has 0 fully saturated rings. The fourth-order valence-electron chi connectivity index (χ4n) is 0.560. The normalized spacial score (nSPS) is 11.8. The van der Waals surface area contributed by atoms with Crippen molar-refractivity contribution in [1.82, 2.24) is 0 Å². The van der Waals surface area contributed by atoms with E-state index in [-0.39, 0.29) is 6.61 Å². The molecule has 8 heteroatoms. The summed E-state index contributed by atoms with van der Waals surface area (Å²) >= 11 is 0. The topological polar surface area (TPSA) is 101 Å². The van der Waals surface area contributed by atoms with Gasteiger partial charge >= 0.3 is 17.2 Å². The van der Waals surface area contributed by atoms with Gasteiger partial charge in [-0.3, -0.25) is 9.59 Å². The van der Waals surface area contributed by atoms with E-state index < -0.39 is 28.9 Å². The summed E-state index contributed by atoms with van der Waals surface area (Å²) in [5.41, 5.74) is 0. The van der Waals surface area contributed by atoms with Crippen LogP contribution < -0.4 is 0 Å². The summed E-state index contributed by atoms with van der Waals surface area (Å²) in [4.78, 5) is 31.7. The Morgan fingerprint density at radius 2 is 1.93 bits per heavy atom. The van der Waals surface area contributed by atoms with E-state index >= 15 is 0 Å². The van der Waals surface area contributed by atoms with Crippen molar-refractivity contribution in [1.29, 1.82) is 0 Å². The molecule has 0 heterocycles. The Morgan fingerprint density at radius 1 is 1.33 bits per heavy atom. The van der Waals surface area contributed by atoms with Crippen LogP contribution >= 0.6 is 21.6 Å². The summed E-state index contributed by atoms with van der Waals surface area (Å²) in [6, 6.07) is 0. The van der Waals surface area contributed by atoms with Crippen molar-refractivity contribution in [3.63, 3.8) is 0 Å². The number of hydrogen-bond acceptors (Lipinski definition) is 6. The Hall–Kier alpha value is -0.890. The van der Waals surface area contributed by atoms with E-state index in [1.54, 1.807) is 6.92 Å². The van der Waals surface area contributed by atoms with Gasteiger partial charge in [-0.05, 0) is 6.92 Å². The van der Waals surface area contributed by atoms with Gasteiger partial charge in [0.2, 0.25) is 0 Å². The number of carboxylic acid groups (broad SMARTS) is 2. The van der Waals surface area contributed by atoms with E-state index in [0.29, 0.717) is 21.6 Å². The van der Waals surface area contributed by atoms with Gasteiger partial charge < -0.3 is 14.9 Å². The number of hydrogen-bond donors (Lipinski definition) is 2. The molecule has 86 valence electrons. The number of carbonyl (C=O) groups is 3. The first-order valence-electron chi connectivity index (χ1n) is 3.92. The zero-order chi connectivity index (χ0) is 11.8. The monoisotopic (exact) mass is 254 g/mol. The first-order chi connectivity index (χ1) is 6.97. The van der Waals surface area contributed by atoms with E-state index in [2.05, 4.69) is 4.74 Å². The molecule has 0 radical (unpaired) electrons. The first-order valence-corrected chi connectivity index (χ1v) is 6.13. The molecule has 1 unspecified atom stereocenters. The molecule has 0 aliphatic heterocycles. The highest BCUT2D eigenvalue weighted by atomic mass is 33.1. The smallest absolute Gasteiger partial charge is 0.378 e. The van der Waals surface area contributed by atoms with E-state index in [9.17, 15) is 14.4 Å². The average molecular weight is 254 g/mol. The summed E-state index contributed by atoms with van der Waals surface area (Å²) in [7, 11) is 1.26. The molecule has 0 aliphatic carbocycles. The minimum absolute atomic E-state index is 0.197. The summed E-state index contributed by atoms with van der Waals surface area (Å²) in [6.45, 7) is 1.82. The predicted molar refractivity (Wildman–Crippen MR) is 55.9 cm³/mol. The molecule has 0 spiro atoms. The Morgan fingerprint density at radius 3 is 2.33 bits per heavy atom. The third-order valence-electron chi connectivity index (χ3n) is 1.13. The van der Waals surface area contributed by atoms with Gasteiger partial charge in [0, 0.05) is 10.8 Å². The maximum Gasteiger partial charge on any atom is 0.378 e. The van der Waals surface area contributed by atoms with Crippen LogP contribution in [0.25, 0.3) is 0 Å². The van der Waals surface area contributed by atoms with Gasteiger partial charge in [-0.15, -0.1) is 0 Å². The van der Waals surface area contributed by atoms with Gasteiger partial charge in [-0.25, -0.2) is 4.79 Å². The lowest BCUT2D eigenvalue weighted by Crippen LogP contribution is -2.19. The van der Waals surface area contributed by atoms with Gasteiger partial charge in [0.15, 0.2) is 0 Å².